The fraction of sp³-hybridized carbons (Fsp3) is 0.467. The molecule has 0 radical (unpaired) electrons. The van der Waals surface area contributed by atoms with Crippen molar-refractivity contribution in [2.45, 2.75) is 6.42 Å². The standard InChI is InChI=1S/C15H18N2O4/c1-20-13-4-2-3-11-12(18)5-6-17(14(11)13)15(19)16-7-9-21-10-8-16/h2-4H,5-10H2,1H3. The van der Waals surface area contributed by atoms with Gasteiger partial charge in [0, 0.05) is 31.6 Å². The first-order valence-electron chi connectivity index (χ1n) is 7.07. The molecule has 6 nitrogen and oxygen atoms in total. The maximum atomic E-state index is 12.7. The Morgan fingerprint density at radius 3 is 2.71 bits per heavy atom. The quantitative estimate of drug-likeness (QED) is 0.787. The van der Waals surface area contributed by atoms with Gasteiger partial charge in [-0.2, -0.15) is 0 Å². The topological polar surface area (TPSA) is 59.1 Å². The average Bonchev–Trinajstić information content (AvgIpc) is 2.55. The molecule has 3 rings (SSSR count). The Hall–Kier alpha value is -2.08. The van der Waals surface area contributed by atoms with Crippen molar-refractivity contribution in [3.05, 3.63) is 23.8 Å². The van der Waals surface area contributed by atoms with Crippen molar-refractivity contribution in [2.24, 2.45) is 0 Å². The molecule has 0 atom stereocenters. The molecule has 0 saturated carbocycles. The molecular formula is C15H18N2O4. The van der Waals surface area contributed by atoms with E-state index in [1.165, 1.54) is 0 Å². The number of hydrogen-bond acceptors (Lipinski definition) is 4. The van der Waals surface area contributed by atoms with E-state index in [4.69, 9.17) is 9.47 Å². The van der Waals surface area contributed by atoms with E-state index >= 15 is 0 Å². The average molecular weight is 290 g/mol. The number of morpholine rings is 1. The van der Waals surface area contributed by atoms with Gasteiger partial charge < -0.3 is 14.4 Å². The van der Waals surface area contributed by atoms with Crippen LogP contribution in [0.4, 0.5) is 10.5 Å². The van der Waals surface area contributed by atoms with Crippen LogP contribution in [0.3, 0.4) is 0 Å². The second-order valence-electron chi connectivity index (χ2n) is 5.06. The largest absolute Gasteiger partial charge is 0.495 e. The van der Waals surface area contributed by atoms with Crippen LogP contribution in [0.5, 0.6) is 5.75 Å². The number of carbonyl (C=O) groups excluding carboxylic acids is 2. The van der Waals surface area contributed by atoms with Gasteiger partial charge in [-0.05, 0) is 12.1 Å². The molecule has 2 aliphatic heterocycles. The number of urea groups is 1. The van der Waals surface area contributed by atoms with Crippen molar-refractivity contribution in [1.29, 1.82) is 0 Å². The second kappa shape index (κ2) is 5.73. The fourth-order valence-electron chi connectivity index (χ4n) is 2.77. The third-order valence-electron chi connectivity index (χ3n) is 3.86. The van der Waals surface area contributed by atoms with Gasteiger partial charge in [-0.1, -0.05) is 6.07 Å². The molecule has 2 amide bonds. The maximum absolute atomic E-state index is 12.7. The van der Waals surface area contributed by atoms with Crippen LogP contribution in [0.1, 0.15) is 16.8 Å². The van der Waals surface area contributed by atoms with Crippen LogP contribution in [0.2, 0.25) is 0 Å². The van der Waals surface area contributed by atoms with Gasteiger partial charge in [0.1, 0.15) is 5.75 Å². The lowest BCUT2D eigenvalue weighted by Crippen LogP contribution is -2.50. The number of methoxy groups -OCH3 is 1. The molecule has 0 aliphatic carbocycles. The molecule has 1 aromatic carbocycles. The molecule has 0 spiro atoms. The maximum Gasteiger partial charge on any atom is 0.324 e. The first kappa shape index (κ1) is 13.9. The van der Waals surface area contributed by atoms with Gasteiger partial charge in [0.05, 0.1) is 26.0 Å². The molecule has 1 fully saturated rings. The van der Waals surface area contributed by atoms with E-state index in [0.717, 1.165) is 0 Å². The van der Waals surface area contributed by atoms with Crippen molar-refractivity contribution in [2.75, 3.05) is 44.9 Å². The van der Waals surface area contributed by atoms with Crippen LogP contribution in [-0.2, 0) is 4.74 Å². The number of fused-ring (bicyclic) bond motifs is 1. The molecule has 2 heterocycles. The Morgan fingerprint density at radius 1 is 1.24 bits per heavy atom. The zero-order valence-electron chi connectivity index (χ0n) is 12.0. The number of ether oxygens (including phenoxy) is 2. The predicted octanol–water partition coefficient (Wildman–Crippen LogP) is 1.54. The van der Waals surface area contributed by atoms with E-state index in [9.17, 15) is 9.59 Å². The SMILES string of the molecule is COc1cccc2c1N(C(=O)N1CCOCC1)CCC2=O. The number of benzene rings is 1. The van der Waals surface area contributed by atoms with E-state index in [-0.39, 0.29) is 11.8 Å². The third kappa shape index (κ3) is 2.47. The summed E-state index contributed by atoms with van der Waals surface area (Å²) in [7, 11) is 1.55. The minimum absolute atomic E-state index is 0.0509. The first-order chi connectivity index (χ1) is 10.2. The number of ketones is 1. The van der Waals surface area contributed by atoms with Gasteiger partial charge in [-0.15, -0.1) is 0 Å². The summed E-state index contributed by atoms with van der Waals surface area (Å²) in [5.74, 6) is 0.608. The molecule has 21 heavy (non-hydrogen) atoms. The molecule has 6 heteroatoms. The zero-order valence-corrected chi connectivity index (χ0v) is 12.0. The number of carbonyl (C=O) groups is 2. The molecule has 2 aliphatic rings. The van der Waals surface area contributed by atoms with Gasteiger partial charge in [0.15, 0.2) is 5.78 Å². The number of nitrogens with zero attached hydrogens (tertiary/aromatic N) is 2. The minimum atomic E-state index is -0.0865. The predicted molar refractivity (Wildman–Crippen MR) is 77.1 cm³/mol. The minimum Gasteiger partial charge on any atom is -0.495 e. The van der Waals surface area contributed by atoms with E-state index in [1.807, 2.05) is 0 Å². The van der Waals surface area contributed by atoms with Gasteiger partial charge in [0.25, 0.3) is 0 Å². The van der Waals surface area contributed by atoms with Crippen LogP contribution in [-0.4, -0.2) is 56.7 Å². The number of amides is 2. The number of rotatable bonds is 1. The Bertz CT molecular complexity index is 567. The van der Waals surface area contributed by atoms with Gasteiger partial charge in [-0.25, -0.2) is 4.79 Å². The molecule has 1 saturated heterocycles. The molecular weight excluding hydrogens is 272 g/mol. The summed E-state index contributed by atoms with van der Waals surface area (Å²) in [5, 5.41) is 0. The van der Waals surface area contributed by atoms with Crippen molar-refractivity contribution < 1.29 is 19.1 Å². The molecule has 112 valence electrons. The highest BCUT2D eigenvalue weighted by Gasteiger charge is 2.33. The van der Waals surface area contributed by atoms with Gasteiger partial charge in [0.2, 0.25) is 0 Å². The summed E-state index contributed by atoms with van der Waals surface area (Å²) in [6.07, 6.45) is 0.343. The van der Waals surface area contributed by atoms with Crippen LogP contribution in [0, 0.1) is 0 Å². The number of anilines is 1. The van der Waals surface area contributed by atoms with Gasteiger partial charge in [-0.3, -0.25) is 9.69 Å². The molecule has 0 unspecified atom stereocenters. The van der Waals surface area contributed by atoms with Crippen LogP contribution in [0.25, 0.3) is 0 Å². The van der Waals surface area contributed by atoms with Crippen molar-refractivity contribution in [1.82, 2.24) is 4.90 Å². The highest BCUT2D eigenvalue weighted by Crippen LogP contribution is 2.36. The van der Waals surface area contributed by atoms with E-state index < -0.39 is 0 Å². The lowest BCUT2D eigenvalue weighted by molar-refractivity contribution is 0.0547. The Labute approximate surface area is 123 Å². The summed E-state index contributed by atoms with van der Waals surface area (Å²) in [4.78, 5) is 28.2. The normalized spacial score (nSPS) is 18.4. The Kier molecular flexibility index (Phi) is 3.79. The van der Waals surface area contributed by atoms with E-state index in [1.54, 1.807) is 35.1 Å². The summed E-state index contributed by atoms with van der Waals surface area (Å²) in [6.45, 7) is 2.65. The molecule has 0 aromatic heterocycles. The van der Waals surface area contributed by atoms with E-state index in [2.05, 4.69) is 0 Å². The van der Waals surface area contributed by atoms with Crippen LogP contribution >= 0.6 is 0 Å². The summed E-state index contributed by atoms with van der Waals surface area (Å²) < 4.78 is 10.6. The van der Waals surface area contributed by atoms with Crippen LogP contribution in [0.15, 0.2) is 18.2 Å². The lowest BCUT2D eigenvalue weighted by atomic mass is 10.00. The molecule has 1 aromatic rings. The molecule has 0 N–H and O–H groups in total. The van der Waals surface area contributed by atoms with E-state index in [0.29, 0.717) is 56.3 Å². The molecule has 0 bridgehead atoms. The monoisotopic (exact) mass is 290 g/mol. The third-order valence-corrected chi connectivity index (χ3v) is 3.86. The number of para-hydroxylation sites is 1. The summed E-state index contributed by atoms with van der Waals surface area (Å²) >= 11 is 0. The fourth-order valence-corrected chi connectivity index (χ4v) is 2.77. The number of hydrogen-bond donors (Lipinski definition) is 0. The second-order valence-corrected chi connectivity index (χ2v) is 5.06. The highest BCUT2D eigenvalue weighted by molar-refractivity contribution is 6.09. The Morgan fingerprint density at radius 2 is 2.00 bits per heavy atom. The summed E-state index contributed by atoms with van der Waals surface area (Å²) in [6, 6.07) is 5.21. The van der Waals surface area contributed by atoms with Crippen molar-refractivity contribution in [3.63, 3.8) is 0 Å². The van der Waals surface area contributed by atoms with Crippen LogP contribution < -0.4 is 9.64 Å². The zero-order chi connectivity index (χ0) is 14.8. The summed E-state index contributed by atoms with van der Waals surface area (Å²) in [5.41, 5.74) is 1.15. The Balaban J connectivity index is 1.96. The lowest BCUT2D eigenvalue weighted by Gasteiger charge is -2.36. The smallest absolute Gasteiger partial charge is 0.324 e. The van der Waals surface area contributed by atoms with Crippen molar-refractivity contribution >= 4 is 17.5 Å². The van der Waals surface area contributed by atoms with Crippen molar-refractivity contribution in [3.8, 4) is 5.75 Å². The number of Topliss-reactive ketones (excluding diaryl/α,β-unsaturated/α-hetero) is 1. The first-order valence-corrected chi connectivity index (χ1v) is 7.07. The highest BCUT2D eigenvalue weighted by atomic mass is 16.5. The van der Waals surface area contributed by atoms with Gasteiger partial charge >= 0.3 is 6.03 Å².